The van der Waals surface area contributed by atoms with Crippen LogP contribution in [-0.4, -0.2) is 36.9 Å². The van der Waals surface area contributed by atoms with Crippen LogP contribution in [0.5, 0.6) is 0 Å². The third-order valence-corrected chi connectivity index (χ3v) is 1.05. The Morgan fingerprint density at radius 1 is 1.80 bits per heavy atom. The fraction of sp³-hybridized carbons (Fsp3) is 0.800. The number of aliphatic carboxylic acids is 1. The first kappa shape index (κ1) is 9.68. The molecule has 0 amide bonds. The fourth-order valence-electron chi connectivity index (χ4n) is 0.526. The maximum absolute atomic E-state index is 9.90. The van der Waals surface area contributed by atoms with Crippen molar-refractivity contribution in [3.8, 4) is 0 Å². The number of halogens is 1. The second-order valence-corrected chi connectivity index (χ2v) is 1.98. The SMILES string of the molecule is Cl.O=C(O)CNCC1CO1. The lowest BCUT2D eigenvalue weighted by Crippen LogP contribution is -2.26. The van der Waals surface area contributed by atoms with Gasteiger partial charge in [0.2, 0.25) is 0 Å². The van der Waals surface area contributed by atoms with E-state index in [4.69, 9.17) is 9.84 Å². The molecule has 0 bridgehead atoms. The lowest BCUT2D eigenvalue weighted by molar-refractivity contribution is -0.135. The molecule has 5 heteroatoms. The van der Waals surface area contributed by atoms with Gasteiger partial charge in [-0.1, -0.05) is 0 Å². The lowest BCUT2D eigenvalue weighted by atomic mass is 10.5. The maximum Gasteiger partial charge on any atom is 0.317 e. The summed E-state index contributed by atoms with van der Waals surface area (Å²) in [6, 6.07) is 0. The zero-order valence-electron chi connectivity index (χ0n) is 5.37. The number of nitrogens with one attached hydrogen (secondary N) is 1. The summed E-state index contributed by atoms with van der Waals surface area (Å²) in [5.41, 5.74) is 0. The van der Waals surface area contributed by atoms with Crippen LogP contribution in [0.2, 0.25) is 0 Å². The van der Waals surface area contributed by atoms with E-state index in [1.807, 2.05) is 0 Å². The van der Waals surface area contributed by atoms with Gasteiger partial charge in [0.25, 0.3) is 0 Å². The van der Waals surface area contributed by atoms with Crippen molar-refractivity contribution in [2.45, 2.75) is 6.10 Å². The molecular formula is C5H10ClNO3. The predicted octanol–water partition coefficient (Wildman–Crippen LogP) is -0.519. The van der Waals surface area contributed by atoms with Crippen LogP contribution < -0.4 is 5.32 Å². The van der Waals surface area contributed by atoms with Gasteiger partial charge in [-0.15, -0.1) is 12.4 Å². The number of carbonyl (C=O) groups is 1. The van der Waals surface area contributed by atoms with E-state index in [2.05, 4.69) is 5.32 Å². The molecule has 1 aliphatic rings. The Morgan fingerprint density at radius 2 is 2.40 bits per heavy atom. The molecule has 4 nitrogen and oxygen atoms in total. The van der Waals surface area contributed by atoms with Gasteiger partial charge in [-0.25, -0.2) is 0 Å². The predicted molar refractivity (Wildman–Crippen MR) is 37.5 cm³/mol. The van der Waals surface area contributed by atoms with Crippen molar-refractivity contribution in [1.29, 1.82) is 0 Å². The van der Waals surface area contributed by atoms with Crippen molar-refractivity contribution in [2.24, 2.45) is 0 Å². The van der Waals surface area contributed by atoms with Gasteiger partial charge in [0.1, 0.15) is 0 Å². The Morgan fingerprint density at radius 3 is 2.80 bits per heavy atom. The van der Waals surface area contributed by atoms with Gasteiger partial charge in [0.15, 0.2) is 0 Å². The van der Waals surface area contributed by atoms with E-state index in [0.717, 1.165) is 6.61 Å². The van der Waals surface area contributed by atoms with Crippen LogP contribution in [0.3, 0.4) is 0 Å². The lowest BCUT2D eigenvalue weighted by Gasteiger charge is -1.94. The molecule has 1 heterocycles. The number of epoxide rings is 1. The summed E-state index contributed by atoms with van der Waals surface area (Å²) in [6.07, 6.45) is 0.268. The number of carboxylic acids is 1. The number of rotatable bonds is 4. The Hall–Kier alpha value is -0.320. The summed E-state index contributed by atoms with van der Waals surface area (Å²) in [6.45, 7) is 1.46. The van der Waals surface area contributed by atoms with Gasteiger partial charge in [-0.2, -0.15) is 0 Å². The normalized spacial score (nSPS) is 21.4. The van der Waals surface area contributed by atoms with Crippen LogP contribution in [0.15, 0.2) is 0 Å². The molecule has 0 aliphatic carbocycles. The largest absolute Gasteiger partial charge is 0.480 e. The van der Waals surface area contributed by atoms with Gasteiger partial charge in [0, 0.05) is 6.54 Å². The van der Waals surface area contributed by atoms with Crippen LogP contribution >= 0.6 is 12.4 Å². The fourth-order valence-corrected chi connectivity index (χ4v) is 0.526. The van der Waals surface area contributed by atoms with Crippen LogP contribution in [0.25, 0.3) is 0 Å². The second kappa shape index (κ2) is 4.49. The average molecular weight is 168 g/mol. The van der Waals surface area contributed by atoms with E-state index < -0.39 is 5.97 Å². The van der Waals surface area contributed by atoms with Crippen molar-refractivity contribution in [3.63, 3.8) is 0 Å². The summed E-state index contributed by atoms with van der Waals surface area (Å²) in [5, 5.41) is 10.9. The highest BCUT2D eigenvalue weighted by atomic mass is 35.5. The van der Waals surface area contributed by atoms with Gasteiger partial charge >= 0.3 is 5.97 Å². The minimum atomic E-state index is -0.823. The Kier molecular flexibility index (Phi) is 4.34. The first-order chi connectivity index (χ1) is 4.29. The van der Waals surface area contributed by atoms with E-state index in [0.29, 0.717) is 6.54 Å². The zero-order valence-corrected chi connectivity index (χ0v) is 6.19. The van der Waals surface area contributed by atoms with Crippen LogP contribution in [0.4, 0.5) is 0 Å². The Balaban J connectivity index is 0.000000810. The Labute approximate surface area is 65.0 Å². The summed E-state index contributed by atoms with van der Waals surface area (Å²) < 4.78 is 4.83. The van der Waals surface area contributed by atoms with Crippen LogP contribution in [0, 0.1) is 0 Å². The second-order valence-electron chi connectivity index (χ2n) is 1.98. The highest BCUT2D eigenvalue weighted by molar-refractivity contribution is 5.85. The van der Waals surface area contributed by atoms with E-state index in [9.17, 15) is 4.79 Å². The molecule has 0 aromatic heterocycles. The van der Waals surface area contributed by atoms with Gasteiger partial charge in [-0.3, -0.25) is 4.79 Å². The first-order valence-electron chi connectivity index (χ1n) is 2.83. The van der Waals surface area contributed by atoms with Crippen LogP contribution in [-0.2, 0) is 9.53 Å². The number of ether oxygens (including phenoxy) is 1. The quantitative estimate of drug-likeness (QED) is 0.554. The summed E-state index contributed by atoms with van der Waals surface area (Å²) >= 11 is 0. The smallest absolute Gasteiger partial charge is 0.317 e. The van der Waals surface area contributed by atoms with Crippen molar-refractivity contribution >= 4 is 18.4 Å². The van der Waals surface area contributed by atoms with E-state index in [1.165, 1.54) is 0 Å². The van der Waals surface area contributed by atoms with Crippen molar-refractivity contribution in [1.82, 2.24) is 5.32 Å². The van der Waals surface area contributed by atoms with E-state index in [1.54, 1.807) is 0 Å². The summed E-state index contributed by atoms with van der Waals surface area (Å²) in [4.78, 5) is 9.90. The van der Waals surface area contributed by atoms with Crippen molar-refractivity contribution in [2.75, 3.05) is 19.7 Å². The molecule has 1 unspecified atom stereocenters. The number of hydrogen-bond donors (Lipinski definition) is 2. The topological polar surface area (TPSA) is 61.9 Å². The van der Waals surface area contributed by atoms with Gasteiger partial charge < -0.3 is 15.2 Å². The molecule has 1 rings (SSSR count). The highest BCUT2D eigenvalue weighted by Gasteiger charge is 2.21. The third-order valence-electron chi connectivity index (χ3n) is 1.05. The van der Waals surface area contributed by atoms with Gasteiger partial charge in [0.05, 0.1) is 19.3 Å². The molecule has 60 valence electrons. The van der Waals surface area contributed by atoms with Crippen molar-refractivity contribution < 1.29 is 14.6 Å². The Bertz CT molecular complexity index is 115. The number of carboxylic acid groups (broad SMARTS) is 1. The first-order valence-corrected chi connectivity index (χ1v) is 2.83. The molecule has 1 fully saturated rings. The maximum atomic E-state index is 9.90. The molecule has 1 atom stereocenters. The standard InChI is InChI=1S/C5H9NO3.ClH/c7-5(8)2-6-1-4-3-9-4;/h4,6H,1-3H2,(H,7,8);1H. The molecule has 1 aliphatic heterocycles. The molecule has 1 saturated heterocycles. The van der Waals surface area contributed by atoms with Gasteiger partial charge in [-0.05, 0) is 0 Å². The molecule has 0 saturated carbocycles. The molecule has 0 aromatic carbocycles. The van der Waals surface area contributed by atoms with Crippen LogP contribution in [0.1, 0.15) is 0 Å². The third kappa shape index (κ3) is 4.55. The molecular weight excluding hydrogens is 158 g/mol. The molecule has 0 radical (unpaired) electrons. The minimum absolute atomic E-state index is 0. The van der Waals surface area contributed by atoms with E-state index >= 15 is 0 Å². The molecule has 10 heavy (non-hydrogen) atoms. The zero-order chi connectivity index (χ0) is 6.69. The molecule has 0 aromatic rings. The summed E-state index contributed by atoms with van der Waals surface area (Å²) in [7, 11) is 0. The van der Waals surface area contributed by atoms with Crippen molar-refractivity contribution in [3.05, 3.63) is 0 Å². The molecule has 0 spiro atoms. The molecule has 2 N–H and O–H groups in total. The number of hydrogen-bond acceptors (Lipinski definition) is 3. The average Bonchev–Trinajstić information content (AvgIpc) is 2.48. The minimum Gasteiger partial charge on any atom is -0.480 e. The highest BCUT2D eigenvalue weighted by Crippen LogP contribution is 2.05. The monoisotopic (exact) mass is 167 g/mol. The van der Waals surface area contributed by atoms with E-state index in [-0.39, 0.29) is 25.1 Å². The summed E-state index contributed by atoms with van der Waals surface area (Å²) in [5.74, 6) is -0.823.